The van der Waals surface area contributed by atoms with Crippen LogP contribution >= 0.6 is 0 Å². The Balaban J connectivity index is 1.57. The van der Waals surface area contributed by atoms with Gasteiger partial charge in [-0.3, -0.25) is 9.78 Å². The second-order valence-corrected chi connectivity index (χ2v) is 7.13. The summed E-state index contributed by atoms with van der Waals surface area (Å²) in [5.41, 5.74) is 4.17. The van der Waals surface area contributed by atoms with Gasteiger partial charge in [-0.05, 0) is 48.2 Å². The Morgan fingerprint density at radius 3 is 2.57 bits per heavy atom. The van der Waals surface area contributed by atoms with Crippen molar-refractivity contribution in [3.05, 3.63) is 107 Å². The van der Waals surface area contributed by atoms with Crippen LogP contribution in [0, 0.1) is 6.92 Å². The lowest BCUT2D eigenvalue weighted by atomic mass is 10.1. The fourth-order valence-electron chi connectivity index (χ4n) is 3.23. The van der Waals surface area contributed by atoms with Gasteiger partial charge in [0.25, 0.3) is 5.91 Å². The molecule has 0 atom stereocenters. The van der Waals surface area contributed by atoms with Gasteiger partial charge in [0.15, 0.2) is 0 Å². The predicted octanol–water partition coefficient (Wildman–Crippen LogP) is 3.69. The molecule has 0 aliphatic heterocycles. The first-order valence-corrected chi connectivity index (χ1v) is 9.93. The van der Waals surface area contributed by atoms with Crippen LogP contribution in [0.5, 0.6) is 0 Å². The Morgan fingerprint density at radius 1 is 0.967 bits per heavy atom. The zero-order valence-corrected chi connectivity index (χ0v) is 16.8. The number of rotatable bonds is 7. The van der Waals surface area contributed by atoms with E-state index in [-0.39, 0.29) is 11.7 Å². The highest BCUT2D eigenvalue weighted by molar-refractivity contribution is 5.90. The molecule has 2 aromatic carbocycles. The third-order valence-corrected chi connectivity index (χ3v) is 4.78. The zero-order chi connectivity index (χ0) is 20.8. The smallest absolute Gasteiger partial charge is 0.291 e. The molecular weight excluding hydrogens is 374 g/mol. The highest BCUT2D eigenvalue weighted by Gasteiger charge is 2.17. The number of aromatic nitrogens is 4. The molecule has 0 fully saturated rings. The molecule has 150 valence electrons. The molecule has 0 saturated heterocycles. The minimum atomic E-state index is -0.300. The number of nitrogens with zero attached hydrogens (tertiary/aromatic N) is 4. The van der Waals surface area contributed by atoms with E-state index >= 15 is 0 Å². The Bertz CT molecular complexity index is 1120. The molecule has 0 spiro atoms. The van der Waals surface area contributed by atoms with Gasteiger partial charge >= 0.3 is 0 Å². The molecule has 1 amide bonds. The van der Waals surface area contributed by atoms with Crippen molar-refractivity contribution in [2.45, 2.75) is 26.3 Å². The van der Waals surface area contributed by atoms with Crippen LogP contribution < -0.4 is 5.32 Å². The quantitative estimate of drug-likeness (QED) is 0.516. The molecule has 0 aliphatic rings. The second kappa shape index (κ2) is 9.13. The number of carbonyl (C=O) groups excluding carboxylic acids is 1. The van der Waals surface area contributed by atoms with E-state index in [1.54, 1.807) is 17.1 Å². The van der Waals surface area contributed by atoms with Crippen LogP contribution in [0.25, 0.3) is 5.69 Å². The molecule has 30 heavy (non-hydrogen) atoms. The summed E-state index contributed by atoms with van der Waals surface area (Å²) >= 11 is 0. The molecule has 0 radical (unpaired) electrons. The molecule has 2 aromatic heterocycles. The van der Waals surface area contributed by atoms with Crippen molar-refractivity contribution in [1.29, 1.82) is 0 Å². The lowest BCUT2D eigenvalue weighted by Gasteiger charge is -2.07. The number of carbonyl (C=O) groups is 1. The van der Waals surface area contributed by atoms with Crippen molar-refractivity contribution in [3.8, 4) is 5.69 Å². The predicted molar refractivity (Wildman–Crippen MR) is 115 cm³/mol. The Morgan fingerprint density at radius 2 is 1.80 bits per heavy atom. The maximum atomic E-state index is 12.7. The highest BCUT2D eigenvalue weighted by atomic mass is 16.2. The third kappa shape index (κ3) is 4.78. The van der Waals surface area contributed by atoms with Crippen molar-refractivity contribution in [1.82, 2.24) is 25.1 Å². The molecule has 2 heterocycles. The third-order valence-electron chi connectivity index (χ3n) is 4.78. The van der Waals surface area contributed by atoms with Gasteiger partial charge < -0.3 is 5.32 Å². The normalized spacial score (nSPS) is 10.7. The van der Waals surface area contributed by atoms with E-state index in [1.807, 2.05) is 61.5 Å². The molecule has 4 aromatic rings. The first kappa shape index (κ1) is 19.5. The van der Waals surface area contributed by atoms with Gasteiger partial charge in [0.1, 0.15) is 5.82 Å². The summed E-state index contributed by atoms with van der Waals surface area (Å²) in [6, 6.07) is 22.0. The van der Waals surface area contributed by atoms with Crippen molar-refractivity contribution < 1.29 is 4.79 Å². The molecule has 0 bridgehead atoms. The number of nitrogens with one attached hydrogen (secondary N) is 1. The molecular formula is C24H23N5O. The summed E-state index contributed by atoms with van der Waals surface area (Å²) in [7, 11) is 0. The van der Waals surface area contributed by atoms with E-state index in [4.69, 9.17) is 0 Å². The first-order valence-electron chi connectivity index (χ1n) is 9.93. The van der Waals surface area contributed by atoms with Crippen molar-refractivity contribution in [2.75, 3.05) is 0 Å². The Kier molecular flexibility index (Phi) is 5.94. The monoisotopic (exact) mass is 397 g/mol. The maximum absolute atomic E-state index is 12.7. The fourth-order valence-corrected chi connectivity index (χ4v) is 3.23. The lowest BCUT2D eigenvalue weighted by Crippen LogP contribution is -2.24. The average Bonchev–Trinajstić information content (AvgIpc) is 3.22. The van der Waals surface area contributed by atoms with Crippen molar-refractivity contribution in [3.63, 3.8) is 0 Å². The lowest BCUT2D eigenvalue weighted by molar-refractivity contribution is 0.0940. The summed E-state index contributed by atoms with van der Waals surface area (Å²) in [6.07, 6.45) is 4.93. The van der Waals surface area contributed by atoms with Crippen LogP contribution in [0.4, 0.5) is 0 Å². The number of amides is 1. The highest BCUT2D eigenvalue weighted by Crippen LogP contribution is 2.14. The SMILES string of the molecule is Cc1cccc(-n2nc(C(=O)NCc3cccnc3)nc2CCc2ccccc2)c1. The number of benzene rings is 2. The molecule has 6 heteroatoms. The number of hydrogen-bond acceptors (Lipinski definition) is 4. The van der Waals surface area contributed by atoms with Crippen LogP contribution in [0.2, 0.25) is 0 Å². The van der Waals surface area contributed by atoms with Crippen LogP contribution in [0.1, 0.15) is 33.1 Å². The number of pyridine rings is 1. The minimum absolute atomic E-state index is 0.170. The molecule has 4 rings (SSSR count). The Labute approximate surface area is 175 Å². The van der Waals surface area contributed by atoms with Gasteiger partial charge in [0.2, 0.25) is 5.82 Å². The number of aryl methyl sites for hydroxylation is 3. The summed E-state index contributed by atoms with van der Waals surface area (Å²) in [4.78, 5) is 21.3. The van der Waals surface area contributed by atoms with Gasteiger partial charge in [-0.2, -0.15) is 0 Å². The fraction of sp³-hybridized carbons (Fsp3) is 0.167. The standard InChI is InChI=1S/C24H23N5O/c1-18-7-5-11-21(15-18)29-22(13-12-19-8-3-2-4-9-19)27-23(28-29)24(30)26-17-20-10-6-14-25-16-20/h2-11,14-16H,12-13,17H2,1H3,(H,26,30). The van der Waals surface area contributed by atoms with Gasteiger partial charge in [-0.15, -0.1) is 5.10 Å². The topological polar surface area (TPSA) is 72.7 Å². The van der Waals surface area contributed by atoms with Crippen LogP contribution in [0.15, 0.2) is 79.1 Å². The van der Waals surface area contributed by atoms with Crippen LogP contribution in [0.3, 0.4) is 0 Å². The number of hydrogen-bond donors (Lipinski definition) is 1. The van der Waals surface area contributed by atoms with E-state index in [1.165, 1.54) is 5.56 Å². The average molecular weight is 397 g/mol. The molecule has 6 nitrogen and oxygen atoms in total. The van der Waals surface area contributed by atoms with E-state index < -0.39 is 0 Å². The van der Waals surface area contributed by atoms with Gasteiger partial charge in [-0.1, -0.05) is 48.5 Å². The molecule has 1 N–H and O–H groups in total. The summed E-state index contributed by atoms with van der Waals surface area (Å²) in [5, 5.41) is 7.40. The van der Waals surface area contributed by atoms with E-state index in [0.29, 0.717) is 13.0 Å². The molecule has 0 saturated carbocycles. The van der Waals surface area contributed by atoms with Gasteiger partial charge in [-0.25, -0.2) is 9.67 Å². The Hall–Kier alpha value is -3.80. The zero-order valence-electron chi connectivity index (χ0n) is 16.8. The van der Waals surface area contributed by atoms with Crippen molar-refractivity contribution >= 4 is 5.91 Å². The maximum Gasteiger partial charge on any atom is 0.291 e. The minimum Gasteiger partial charge on any atom is -0.345 e. The van der Waals surface area contributed by atoms with E-state index in [2.05, 4.69) is 32.5 Å². The molecule has 0 unspecified atom stereocenters. The summed E-state index contributed by atoms with van der Waals surface area (Å²) in [5.74, 6) is 0.630. The largest absolute Gasteiger partial charge is 0.345 e. The van der Waals surface area contributed by atoms with Crippen LogP contribution in [-0.4, -0.2) is 25.7 Å². The first-order chi connectivity index (χ1) is 14.7. The summed E-state index contributed by atoms with van der Waals surface area (Å²) in [6.45, 7) is 2.41. The van der Waals surface area contributed by atoms with E-state index in [0.717, 1.165) is 29.1 Å². The van der Waals surface area contributed by atoms with E-state index in [9.17, 15) is 4.79 Å². The van der Waals surface area contributed by atoms with Crippen molar-refractivity contribution in [2.24, 2.45) is 0 Å². The van der Waals surface area contributed by atoms with Crippen LogP contribution in [-0.2, 0) is 19.4 Å². The van der Waals surface area contributed by atoms with Gasteiger partial charge in [0, 0.05) is 25.4 Å². The second-order valence-electron chi connectivity index (χ2n) is 7.13. The molecule has 0 aliphatic carbocycles. The van der Waals surface area contributed by atoms with Gasteiger partial charge in [0.05, 0.1) is 5.69 Å². The summed E-state index contributed by atoms with van der Waals surface area (Å²) < 4.78 is 1.77.